The first-order valence-corrected chi connectivity index (χ1v) is 5.61. The topological polar surface area (TPSA) is 48.3 Å². The maximum Gasteiger partial charge on any atom is 0.161 e. The molecule has 1 heterocycles. The van der Waals surface area contributed by atoms with Gasteiger partial charge in [-0.25, -0.2) is 0 Å². The van der Waals surface area contributed by atoms with Gasteiger partial charge in [0.05, 0.1) is 25.6 Å². The van der Waals surface area contributed by atoms with Gasteiger partial charge >= 0.3 is 0 Å². The average molecular weight is 227 g/mol. The molecule has 1 rings (SSSR count). The van der Waals surface area contributed by atoms with Crippen molar-refractivity contribution in [3.63, 3.8) is 0 Å². The van der Waals surface area contributed by atoms with Gasteiger partial charge in [-0.1, -0.05) is 6.92 Å². The van der Waals surface area contributed by atoms with Gasteiger partial charge in [-0.2, -0.15) is 5.10 Å². The molecule has 0 spiro atoms. The van der Waals surface area contributed by atoms with Gasteiger partial charge < -0.3 is 14.8 Å². The molecule has 92 valence electrons. The zero-order chi connectivity index (χ0) is 11.8. The summed E-state index contributed by atoms with van der Waals surface area (Å²) in [6.45, 7) is 5.36. The molecule has 1 aromatic rings. The lowest BCUT2D eigenvalue weighted by Gasteiger charge is -2.09. The zero-order valence-electron chi connectivity index (χ0n) is 10.3. The van der Waals surface area contributed by atoms with Crippen LogP contribution in [-0.4, -0.2) is 37.2 Å². The first-order chi connectivity index (χ1) is 7.83. The smallest absolute Gasteiger partial charge is 0.161 e. The molecule has 16 heavy (non-hydrogen) atoms. The highest BCUT2D eigenvalue weighted by Crippen LogP contribution is 2.17. The van der Waals surface area contributed by atoms with E-state index >= 15 is 0 Å². The molecule has 1 aromatic heterocycles. The number of hydrogen-bond donors (Lipinski definition) is 1. The number of ether oxygens (including phenoxy) is 2. The monoisotopic (exact) mass is 227 g/mol. The van der Waals surface area contributed by atoms with E-state index in [2.05, 4.69) is 17.3 Å². The van der Waals surface area contributed by atoms with Gasteiger partial charge in [-0.15, -0.1) is 0 Å². The lowest BCUT2D eigenvalue weighted by atomic mass is 10.3. The van der Waals surface area contributed by atoms with Crippen molar-refractivity contribution in [2.75, 3.05) is 27.4 Å². The number of hydrogen-bond acceptors (Lipinski definition) is 4. The molecule has 0 radical (unpaired) electrons. The van der Waals surface area contributed by atoms with Crippen molar-refractivity contribution in [3.05, 3.63) is 11.9 Å². The lowest BCUT2D eigenvalue weighted by molar-refractivity contribution is 0.198. The highest BCUT2D eigenvalue weighted by molar-refractivity contribution is 5.24. The van der Waals surface area contributed by atoms with E-state index in [0.29, 0.717) is 6.61 Å². The van der Waals surface area contributed by atoms with Crippen molar-refractivity contribution in [1.82, 2.24) is 15.1 Å². The van der Waals surface area contributed by atoms with Crippen molar-refractivity contribution in [3.8, 4) is 5.75 Å². The summed E-state index contributed by atoms with van der Waals surface area (Å²) in [5.41, 5.74) is 1.10. The normalized spacial score (nSPS) is 10.7. The second-order valence-electron chi connectivity index (χ2n) is 3.55. The average Bonchev–Trinajstić information content (AvgIpc) is 2.68. The van der Waals surface area contributed by atoms with Crippen molar-refractivity contribution < 1.29 is 9.47 Å². The number of nitrogens with one attached hydrogen (secondary N) is 1. The van der Waals surface area contributed by atoms with E-state index in [1.807, 2.05) is 4.68 Å². The third kappa shape index (κ3) is 3.50. The second-order valence-corrected chi connectivity index (χ2v) is 3.55. The summed E-state index contributed by atoms with van der Waals surface area (Å²) in [5, 5.41) is 7.59. The molecule has 5 nitrogen and oxygen atoms in total. The Hall–Kier alpha value is -1.07. The van der Waals surface area contributed by atoms with Gasteiger partial charge in [0.25, 0.3) is 0 Å². The molecule has 0 aromatic carbocycles. The summed E-state index contributed by atoms with van der Waals surface area (Å²) in [6.07, 6.45) is 2.83. The number of nitrogens with zero attached hydrogens (tertiary/aromatic N) is 2. The van der Waals surface area contributed by atoms with Crippen LogP contribution < -0.4 is 10.1 Å². The lowest BCUT2D eigenvalue weighted by Crippen LogP contribution is -2.21. The van der Waals surface area contributed by atoms with Crippen LogP contribution in [0.1, 0.15) is 19.0 Å². The molecule has 1 N–H and O–H groups in total. The number of aromatic nitrogens is 2. The summed E-state index contributed by atoms with van der Waals surface area (Å²) >= 11 is 0. The Bertz CT molecular complexity index is 299. The van der Waals surface area contributed by atoms with E-state index in [9.17, 15) is 0 Å². The molecule has 0 amide bonds. The highest BCUT2D eigenvalue weighted by Gasteiger charge is 2.09. The summed E-state index contributed by atoms with van der Waals surface area (Å²) in [4.78, 5) is 0. The SMILES string of the molecule is CCCn1ncc(OC)c1CNCCOC. The molecule has 0 fully saturated rings. The zero-order valence-corrected chi connectivity index (χ0v) is 10.3. The van der Waals surface area contributed by atoms with Crippen molar-refractivity contribution in [1.29, 1.82) is 0 Å². The Kier molecular flexibility index (Phi) is 5.88. The molecule has 0 bridgehead atoms. The van der Waals surface area contributed by atoms with E-state index in [0.717, 1.165) is 37.5 Å². The fraction of sp³-hybridized carbons (Fsp3) is 0.727. The fourth-order valence-corrected chi connectivity index (χ4v) is 1.53. The largest absolute Gasteiger partial charge is 0.493 e. The quantitative estimate of drug-likeness (QED) is 0.674. The molecular formula is C11H21N3O2. The number of rotatable bonds is 8. The van der Waals surface area contributed by atoms with Gasteiger partial charge in [-0.3, -0.25) is 4.68 Å². The number of aryl methyl sites for hydroxylation is 1. The van der Waals surface area contributed by atoms with Crippen LogP contribution in [0.4, 0.5) is 0 Å². The first-order valence-electron chi connectivity index (χ1n) is 5.61. The molecule has 0 aliphatic rings. The van der Waals surface area contributed by atoms with Crippen molar-refractivity contribution >= 4 is 0 Å². The molecule has 0 unspecified atom stereocenters. The van der Waals surface area contributed by atoms with E-state index in [4.69, 9.17) is 9.47 Å². The standard InChI is InChI=1S/C11H21N3O2/c1-4-6-14-10(8-12-5-7-15-2)11(16-3)9-13-14/h9,12H,4-8H2,1-3H3. The van der Waals surface area contributed by atoms with Crippen LogP contribution in [0.3, 0.4) is 0 Å². The minimum Gasteiger partial charge on any atom is -0.493 e. The van der Waals surface area contributed by atoms with Gasteiger partial charge in [0.1, 0.15) is 0 Å². The van der Waals surface area contributed by atoms with Crippen molar-refractivity contribution in [2.45, 2.75) is 26.4 Å². The molecule has 0 saturated heterocycles. The van der Waals surface area contributed by atoms with Crippen LogP contribution in [0.15, 0.2) is 6.20 Å². The van der Waals surface area contributed by atoms with E-state index in [-0.39, 0.29) is 0 Å². The van der Waals surface area contributed by atoms with Crippen molar-refractivity contribution in [2.24, 2.45) is 0 Å². The van der Waals surface area contributed by atoms with Crippen LogP contribution >= 0.6 is 0 Å². The van der Waals surface area contributed by atoms with Crippen LogP contribution in [-0.2, 0) is 17.8 Å². The first kappa shape index (κ1) is 13.0. The van der Waals surface area contributed by atoms with E-state index in [1.54, 1.807) is 20.4 Å². The predicted octanol–water partition coefficient (Wildman–Crippen LogP) is 1.04. The molecular weight excluding hydrogens is 206 g/mol. The van der Waals surface area contributed by atoms with Crippen LogP contribution in [0.5, 0.6) is 5.75 Å². The summed E-state index contributed by atoms with van der Waals surface area (Å²) in [7, 11) is 3.37. The maximum absolute atomic E-state index is 5.27. The van der Waals surface area contributed by atoms with Crippen LogP contribution in [0, 0.1) is 0 Å². The Morgan fingerprint density at radius 2 is 2.25 bits per heavy atom. The summed E-state index contributed by atoms with van der Waals surface area (Å²) < 4.78 is 12.2. The summed E-state index contributed by atoms with van der Waals surface area (Å²) in [6, 6.07) is 0. The fourth-order valence-electron chi connectivity index (χ4n) is 1.53. The van der Waals surface area contributed by atoms with E-state index < -0.39 is 0 Å². The second kappa shape index (κ2) is 7.24. The Labute approximate surface area is 96.7 Å². The maximum atomic E-state index is 5.27. The van der Waals surface area contributed by atoms with Gasteiger partial charge in [-0.05, 0) is 6.42 Å². The van der Waals surface area contributed by atoms with Crippen LogP contribution in [0.25, 0.3) is 0 Å². The predicted molar refractivity (Wildman–Crippen MR) is 62.7 cm³/mol. The van der Waals surface area contributed by atoms with E-state index in [1.165, 1.54) is 0 Å². The minimum absolute atomic E-state index is 0.713. The molecule has 5 heteroatoms. The Morgan fingerprint density at radius 3 is 2.88 bits per heavy atom. The molecule has 0 saturated carbocycles. The number of methoxy groups -OCH3 is 2. The van der Waals surface area contributed by atoms with Crippen LogP contribution in [0.2, 0.25) is 0 Å². The Morgan fingerprint density at radius 1 is 1.44 bits per heavy atom. The third-order valence-electron chi connectivity index (χ3n) is 2.34. The van der Waals surface area contributed by atoms with Gasteiger partial charge in [0, 0.05) is 26.7 Å². The van der Waals surface area contributed by atoms with Gasteiger partial charge in [0.2, 0.25) is 0 Å². The Balaban J connectivity index is 2.56. The molecule has 0 atom stereocenters. The highest BCUT2D eigenvalue weighted by atomic mass is 16.5. The third-order valence-corrected chi connectivity index (χ3v) is 2.34. The minimum atomic E-state index is 0.713. The molecule has 0 aliphatic heterocycles. The van der Waals surface area contributed by atoms with Gasteiger partial charge in [0.15, 0.2) is 5.75 Å². The molecule has 0 aliphatic carbocycles. The summed E-state index contributed by atoms with van der Waals surface area (Å²) in [5.74, 6) is 0.846.